The van der Waals surface area contributed by atoms with E-state index in [0.717, 1.165) is 49.1 Å². The van der Waals surface area contributed by atoms with Crippen LogP contribution in [0.25, 0.3) is 10.8 Å². The van der Waals surface area contributed by atoms with Crippen LogP contribution in [-0.2, 0) is 11.3 Å². The highest BCUT2D eigenvalue weighted by Gasteiger charge is 2.21. The summed E-state index contributed by atoms with van der Waals surface area (Å²) in [6, 6.07) is 4.03. The fourth-order valence-electron chi connectivity index (χ4n) is 2.85. The van der Waals surface area contributed by atoms with Gasteiger partial charge in [0, 0.05) is 39.3 Å². The van der Waals surface area contributed by atoms with E-state index in [1.165, 1.54) is 0 Å². The Balaban J connectivity index is 1.52. The van der Waals surface area contributed by atoms with E-state index in [0.29, 0.717) is 19.0 Å². The zero-order valence-corrected chi connectivity index (χ0v) is 15.1. The van der Waals surface area contributed by atoms with Crippen LogP contribution in [0.2, 0.25) is 0 Å². The second kappa shape index (κ2) is 7.92. The number of thiophene rings is 1. The molecule has 0 radical (unpaired) electrons. The summed E-state index contributed by atoms with van der Waals surface area (Å²) in [5.41, 5.74) is 1.01. The number of rotatable bonds is 6. The van der Waals surface area contributed by atoms with Gasteiger partial charge in [-0.2, -0.15) is 0 Å². The Bertz CT molecular complexity index is 660. The van der Waals surface area contributed by atoms with Crippen molar-refractivity contribution in [2.24, 2.45) is 0 Å². The molecule has 0 spiro atoms. The highest BCUT2D eigenvalue weighted by molar-refractivity contribution is 7.13. The van der Waals surface area contributed by atoms with Gasteiger partial charge < -0.3 is 9.73 Å². The van der Waals surface area contributed by atoms with E-state index in [1.54, 1.807) is 11.3 Å². The number of amides is 1. The van der Waals surface area contributed by atoms with Crippen molar-refractivity contribution in [1.82, 2.24) is 20.1 Å². The van der Waals surface area contributed by atoms with Crippen LogP contribution < -0.4 is 5.32 Å². The number of oxazole rings is 1. The molecule has 1 saturated heterocycles. The van der Waals surface area contributed by atoms with Crippen LogP contribution in [-0.4, -0.2) is 60.0 Å². The third-order valence-electron chi connectivity index (χ3n) is 4.20. The standard InChI is InChI=1S/C17H24N4O2S/c1-3-18-16(22)12-21-8-6-20(7-9-21)11-14-13(2)23-17(19-14)15-5-4-10-24-15/h4-5,10H,3,6-9,11-12H2,1-2H3,(H,18,22). The Hall–Kier alpha value is -1.70. The Morgan fingerprint density at radius 1 is 1.33 bits per heavy atom. The molecule has 7 heteroatoms. The van der Waals surface area contributed by atoms with Gasteiger partial charge in [-0.1, -0.05) is 6.07 Å². The summed E-state index contributed by atoms with van der Waals surface area (Å²) in [6.07, 6.45) is 0. The molecule has 130 valence electrons. The number of hydrogen-bond acceptors (Lipinski definition) is 6. The van der Waals surface area contributed by atoms with E-state index in [4.69, 9.17) is 4.42 Å². The summed E-state index contributed by atoms with van der Waals surface area (Å²) in [4.78, 5) is 22.0. The third-order valence-corrected chi connectivity index (χ3v) is 5.06. The van der Waals surface area contributed by atoms with Gasteiger partial charge in [-0.25, -0.2) is 4.98 Å². The van der Waals surface area contributed by atoms with E-state index in [2.05, 4.69) is 20.1 Å². The van der Waals surface area contributed by atoms with Crippen LogP contribution >= 0.6 is 11.3 Å². The largest absolute Gasteiger partial charge is 0.440 e. The highest BCUT2D eigenvalue weighted by atomic mass is 32.1. The molecule has 2 aromatic heterocycles. The summed E-state index contributed by atoms with van der Waals surface area (Å²) >= 11 is 1.64. The van der Waals surface area contributed by atoms with Gasteiger partial charge in [0.2, 0.25) is 11.8 Å². The number of nitrogens with one attached hydrogen (secondary N) is 1. The quantitative estimate of drug-likeness (QED) is 0.865. The van der Waals surface area contributed by atoms with Crippen molar-refractivity contribution in [3.8, 4) is 10.8 Å². The predicted molar refractivity (Wildman–Crippen MR) is 95.0 cm³/mol. The number of aromatic nitrogens is 1. The number of nitrogens with zero attached hydrogens (tertiary/aromatic N) is 3. The number of aryl methyl sites for hydroxylation is 1. The molecule has 0 saturated carbocycles. The lowest BCUT2D eigenvalue weighted by Crippen LogP contribution is -2.49. The van der Waals surface area contributed by atoms with Crippen LogP contribution in [0.4, 0.5) is 0 Å². The summed E-state index contributed by atoms with van der Waals surface area (Å²) < 4.78 is 5.81. The van der Waals surface area contributed by atoms with Crippen LogP contribution in [0.3, 0.4) is 0 Å². The lowest BCUT2D eigenvalue weighted by atomic mass is 10.2. The molecule has 1 aliphatic rings. The normalized spacial score (nSPS) is 16.4. The van der Waals surface area contributed by atoms with Crippen molar-refractivity contribution in [3.63, 3.8) is 0 Å². The highest BCUT2D eigenvalue weighted by Crippen LogP contribution is 2.26. The van der Waals surface area contributed by atoms with E-state index in [9.17, 15) is 4.79 Å². The lowest BCUT2D eigenvalue weighted by molar-refractivity contribution is -0.122. The first-order valence-electron chi connectivity index (χ1n) is 8.37. The predicted octanol–water partition coefficient (Wildman–Crippen LogP) is 1.97. The number of hydrogen-bond donors (Lipinski definition) is 1. The minimum Gasteiger partial charge on any atom is -0.440 e. The molecular weight excluding hydrogens is 324 g/mol. The van der Waals surface area contributed by atoms with Crippen molar-refractivity contribution < 1.29 is 9.21 Å². The molecule has 1 aliphatic heterocycles. The van der Waals surface area contributed by atoms with Gasteiger partial charge in [0.25, 0.3) is 0 Å². The van der Waals surface area contributed by atoms with Gasteiger partial charge in [-0.3, -0.25) is 14.6 Å². The average molecular weight is 348 g/mol. The van der Waals surface area contributed by atoms with E-state index in [1.807, 2.05) is 31.4 Å². The molecule has 2 aromatic rings. The van der Waals surface area contributed by atoms with Crippen molar-refractivity contribution >= 4 is 17.2 Å². The lowest BCUT2D eigenvalue weighted by Gasteiger charge is -2.33. The number of carbonyl (C=O) groups is 1. The molecule has 0 unspecified atom stereocenters. The Morgan fingerprint density at radius 2 is 2.08 bits per heavy atom. The number of likely N-dealkylation sites (N-methyl/N-ethyl adjacent to an activating group) is 1. The molecule has 1 amide bonds. The molecule has 3 rings (SSSR count). The molecule has 3 heterocycles. The van der Waals surface area contributed by atoms with Gasteiger partial charge >= 0.3 is 0 Å². The number of piperazine rings is 1. The van der Waals surface area contributed by atoms with Crippen LogP contribution in [0.1, 0.15) is 18.4 Å². The topological polar surface area (TPSA) is 61.6 Å². The first kappa shape index (κ1) is 17.1. The molecule has 0 bridgehead atoms. The molecule has 0 aliphatic carbocycles. The summed E-state index contributed by atoms with van der Waals surface area (Å²) in [7, 11) is 0. The number of carbonyl (C=O) groups excluding carboxylic acids is 1. The monoisotopic (exact) mass is 348 g/mol. The van der Waals surface area contributed by atoms with Gasteiger partial charge in [-0.05, 0) is 25.3 Å². The Labute approximate surface area is 146 Å². The molecule has 6 nitrogen and oxygen atoms in total. The fourth-order valence-corrected chi connectivity index (χ4v) is 3.50. The van der Waals surface area contributed by atoms with Crippen molar-refractivity contribution in [2.75, 3.05) is 39.3 Å². The molecule has 0 atom stereocenters. The maximum absolute atomic E-state index is 11.7. The van der Waals surface area contributed by atoms with Crippen LogP contribution in [0, 0.1) is 6.92 Å². The second-order valence-corrected chi connectivity index (χ2v) is 6.95. The summed E-state index contributed by atoms with van der Waals surface area (Å²) in [6.45, 7) is 9.61. The maximum Gasteiger partial charge on any atom is 0.236 e. The molecule has 0 aromatic carbocycles. The van der Waals surface area contributed by atoms with Gasteiger partial charge in [-0.15, -0.1) is 11.3 Å². The van der Waals surface area contributed by atoms with E-state index < -0.39 is 0 Å². The SMILES string of the molecule is CCNC(=O)CN1CCN(Cc2nc(-c3cccs3)oc2C)CC1. The first-order chi connectivity index (χ1) is 11.7. The van der Waals surface area contributed by atoms with E-state index >= 15 is 0 Å². The molecule has 1 N–H and O–H groups in total. The Morgan fingerprint density at radius 3 is 2.75 bits per heavy atom. The van der Waals surface area contributed by atoms with E-state index in [-0.39, 0.29) is 5.91 Å². The maximum atomic E-state index is 11.7. The molecule has 1 fully saturated rings. The summed E-state index contributed by atoms with van der Waals surface area (Å²) in [5, 5.41) is 4.88. The van der Waals surface area contributed by atoms with Crippen LogP contribution in [0.5, 0.6) is 0 Å². The molecule has 24 heavy (non-hydrogen) atoms. The second-order valence-electron chi connectivity index (χ2n) is 6.01. The zero-order chi connectivity index (χ0) is 16.9. The summed E-state index contributed by atoms with van der Waals surface area (Å²) in [5.74, 6) is 1.72. The van der Waals surface area contributed by atoms with Crippen LogP contribution in [0.15, 0.2) is 21.9 Å². The van der Waals surface area contributed by atoms with Crippen molar-refractivity contribution in [1.29, 1.82) is 0 Å². The first-order valence-corrected chi connectivity index (χ1v) is 9.25. The van der Waals surface area contributed by atoms with Crippen molar-refractivity contribution in [3.05, 3.63) is 29.0 Å². The molecular formula is C17H24N4O2S. The van der Waals surface area contributed by atoms with Gasteiger partial charge in [0.15, 0.2) is 0 Å². The Kier molecular flexibility index (Phi) is 5.65. The van der Waals surface area contributed by atoms with Gasteiger partial charge in [0.1, 0.15) is 5.76 Å². The third kappa shape index (κ3) is 4.23. The smallest absolute Gasteiger partial charge is 0.236 e. The van der Waals surface area contributed by atoms with Crippen molar-refractivity contribution in [2.45, 2.75) is 20.4 Å². The van der Waals surface area contributed by atoms with Gasteiger partial charge in [0.05, 0.1) is 17.1 Å². The average Bonchev–Trinajstić information content (AvgIpc) is 3.20. The zero-order valence-electron chi connectivity index (χ0n) is 14.2. The minimum absolute atomic E-state index is 0.110. The minimum atomic E-state index is 0.110. The fraction of sp³-hybridized carbons (Fsp3) is 0.529.